The highest BCUT2D eigenvalue weighted by Gasteiger charge is 2.38. The van der Waals surface area contributed by atoms with Gasteiger partial charge < -0.3 is 43.1 Å². The van der Waals surface area contributed by atoms with Crippen LogP contribution in [-0.4, -0.2) is 148 Å². The molecular formula is C28H35N3O9. The zero-order chi connectivity index (χ0) is 27.4. The molecule has 0 radical (unpaired) electrons. The summed E-state index contributed by atoms with van der Waals surface area (Å²) < 4.78 is 32.4. The van der Waals surface area contributed by atoms with Gasteiger partial charge in [0.2, 0.25) is 0 Å². The number of nitrogens with zero attached hydrogens (tertiary/aromatic N) is 3. The molecule has 40 heavy (non-hydrogen) atoms. The highest BCUT2D eigenvalue weighted by atomic mass is 16.6. The third kappa shape index (κ3) is 6.64. The lowest BCUT2D eigenvalue weighted by molar-refractivity contribution is 0.0722. The van der Waals surface area contributed by atoms with Crippen LogP contribution in [0.1, 0.15) is 36.6 Å². The summed E-state index contributed by atoms with van der Waals surface area (Å²) in [6, 6.07) is 3.27. The molecule has 1 aromatic rings. The van der Waals surface area contributed by atoms with Crippen molar-refractivity contribution >= 4 is 17.7 Å². The molecule has 1 aromatic carbocycles. The summed E-state index contributed by atoms with van der Waals surface area (Å²) in [5.74, 6) is -0.728. The third-order valence-corrected chi connectivity index (χ3v) is 7.94. The average Bonchev–Trinajstić information content (AvgIpc) is 3.74. The first-order chi connectivity index (χ1) is 19.4. The van der Waals surface area contributed by atoms with Crippen LogP contribution in [0.15, 0.2) is 12.1 Å². The fourth-order valence-electron chi connectivity index (χ4n) is 5.04. The molecular weight excluding hydrogens is 522 g/mol. The summed E-state index contributed by atoms with van der Waals surface area (Å²) >= 11 is 0. The molecule has 0 spiro atoms. The van der Waals surface area contributed by atoms with E-state index in [2.05, 4.69) is 0 Å². The van der Waals surface area contributed by atoms with Gasteiger partial charge in [0, 0.05) is 56.0 Å². The second-order valence-electron chi connectivity index (χ2n) is 11.6. The average molecular weight is 558 g/mol. The molecule has 6 fully saturated rings. The van der Waals surface area contributed by atoms with Gasteiger partial charge in [-0.15, -0.1) is 0 Å². The minimum Gasteiger partial charge on any atom is -0.371 e. The Balaban J connectivity index is 1.22. The second-order valence-corrected chi connectivity index (χ2v) is 11.6. The molecule has 3 amide bonds. The molecule has 0 N–H and O–H groups in total. The van der Waals surface area contributed by atoms with Gasteiger partial charge in [-0.3, -0.25) is 14.4 Å². The van der Waals surface area contributed by atoms with Crippen LogP contribution in [0.2, 0.25) is 0 Å². The molecule has 12 heteroatoms. The van der Waals surface area contributed by atoms with Crippen LogP contribution in [0.25, 0.3) is 0 Å². The van der Waals surface area contributed by atoms with Crippen molar-refractivity contribution in [3.63, 3.8) is 0 Å². The Morgan fingerprint density at radius 2 is 0.800 bits per heavy atom. The Morgan fingerprint density at radius 3 is 1.05 bits per heavy atom. The van der Waals surface area contributed by atoms with E-state index in [4.69, 9.17) is 28.4 Å². The summed E-state index contributed by atoms with van der Waals surface area (Å²) in [7, 11) is 0. The fourth-order valence-corrected chi connectivity index (χ4v) is 5.04. The predicted octanol–water partition coefficient (Wildman–Crippen LogP) is -0.286. The van der Waals surface area contributed by atoms with Crippen LogP contribution < -0.4 is 0 Å². The van der Waals surface area contributed by atoms with Gasteiger partial charge in [0.15, 0.2) is 0 Å². The standard InChI is InChI=1S/C28H35N3O9/c1-16-24(27(33)30(6-20-12-37-20)7-21-13-38-21)2-17(26(32)29(4-18-10-35-18)5-19-11-36-19)3-25(16)28(34)31(8-22-14-39-22)9-23-15-40-23/h2-3,18-23H,4-15H2,1H3. The molecule has 6 heterocycles. The van der Waals surface area contributed by atoms with Crippen molar-refractivity contribution in [2.75, 3.05) is 78.9 Å². The number of carbonyl (C=O) groups excluding carboxylic acids is 3. The minimum atomic E-state index is -0.251. The summed E-state index contributed by atoms with van der Waals surface area (Å²) in [4.78, 5) is 47.1. The van der Waals surface area contributed by atoms with E-state index < -0.39 is 0 Å². The van der Waals surface area contributed by atoms with Gasteiger partial charge in [-0.2, -0.15) is 0 Å². The number of carbonyl (C=O) groups is 3. The van der Waals surface area contributed by atoms with E-state index >= 15 is 0 Å². The van der Waals surface area contributed by atoms with Crippen LogP contribution in [0.5, 0.6) is 0 Å². The van der Waals surface area contributed by atoms with Crippen molar-refractivity contribution in [1.82, 2.24) is 14.7 Å². The summed E-state index contributed by atoms with van der Waals surface area (Å²) in [6.45, 7) is 8.07. The Bertz CT molecular complexity index is 1060. The van der Waals surface area contributed by atoms with Gasteiger partial charge in [-0.05, 0) is 24.6 Å². The number of rotatable bonds is 15. The molecule has 0 saturated carbocycles. The van der Waals surface area contributed by atoms with E-state index in [1.807, 2.05) is 0 Å². The van der Waals surface area contributed by atoms with E-state index in [1.165, 1.54) is 0 Å². The maximum atomic E-state index is 14.0. The van der Waals surface area contributed by atoms with E-state index in [9.17, 15) is 14.4 Å². The van der Waals surface area contributed by atoms with Crippen LogP contribution in [0, 0.1) is 6.92 Å². The van der Waals surface area contributed by atoms with E-state index in [0.717, 1.165) is 0 Å². The molecule has 6 atom stereocenters. The first-order valence-electron chi connectivity index (χ1n) is 14.1. The van der Waals surface area contributed by atoms with Crippen molar-refractivity contribution in [2.45, 2.75) is 43.5 Å². The van der Waals surface area contributed by atoms with E-state index in [-0.39, 0.29) is 54.3 Å². The van der Waals surface area contributed by atoms with Crippen LogP contribution in [0.4, 0.5) is 0 Å². The maximum absolute atomic E-state index is 14.0. The Labute approximate surface area is 232 Å². The Hall–Kier alpha value is -2.61. The third-order valence-electron chi connectivity index (χ3n) is 7.94. The number of epoxide rings is 6. The molecule has 6 saturated heterocycles. The van der Waals surface area contributed by atoms with Crippen LogP contribution >= 0.6 is 0 Å². The molecule has 0 aliphatic carbocycles. The number of hydrogen-bond donors (Lipinski definition) is 0. The molecule has 7 rings (SSSR count). The zero-order valence-electron chi connectivity index (χ0n) is 22.6. The number of amides is 3. The number of benzene rings is 1. The van der Waals surface area contributed by atoms with Crippen molar-refractivity contribution in [1.29, 1.82) is 0 Å². The van der Waals surface area contributed by atoms with Crippen molar-refractivity contribution < 1.29 is 42.8 Å². The Morgan fingerprint density at radius 1 is 0.550 bits per heavy atom. The van der Waals surface area contributed by atoms with E-state index in [1.54, 1.807) is 33.8 Å². The minimum absolute atomic E-state index is 0.00416. The first-order valence-corrected chi connectivity index (χ1v) is 14.1. The predicted molar refractivity (Wildman–Crippen MR) is 137 cm³/mol. The molecule has 6 unspecified atom stereocenters. The molecule has 0 aromatic heterocycles. The SMILES string of the molecule is Cc1c(C(=O)N(CC2CO2)CC2CO2)cc(C(=O)N(CC2CO2)CC2CO2)cc1C(=O)N(CC1CO1)CC1CO1. The zero-order valence-corrected chi connectivity index (χ0v) is 22.6. The Kier molecular flexibility index (Phi) is 7.01. The second kappa shape index (κ2) is 10.7. The van der Waals surface area contributed by atoms with Crippen LogP contribution in [0.3, 0.4) is 0 Å². The molecule has 12 nitrogen and oxygen atoms in total. The molecule has 6 aliphatic rings. The normalized spacial score (nSPS) is 30.3. The van der Waals surface area contributed by atoms with Gasteiger partial charge in [-0.25, -0.2) is 0 Å². The summed E-state index contributed by atoms with van der Waals surface area (Å²) in [5, 5.41) is 0. The van der Waals surface area contributed by atoms with Gasteiger partial charge in [-0.1, -0.05) is 0 Å². The monoisotopic (exact) mass is 557 g/mol. The number of hydrogen-bond acceptors (Lipinski definition) is 9. The largest absolute Gasteiger partial charge is 0.371 e. The van der Waals surface area contributed by atoms with E-state index in [0.29, 0.717) is 101 Å². The quantitative estimate of drug-likeness (QED) is 0.267. The summed E-state index contributed by atoms with van der Waals surface area (Å²) in [6.07, 6.45) is -0.0303. The summed E-state index contributed by atoms with van der Waals surface area (Å²) in [5.41, 5.74) is 1.53. The van der Waals surface area contributed by atoms with Crippen LogP contribution in [-0.2, 0) is 28.4 Å². The van der Waals surface area contributed by atoms with Gasteiger partial charge in [0.25, 0.3) is 17.7 Å². The molecule has 216 valence electrons. The fraction of sp³-hybridized carbons (Fsp3) is 0.679. The van der Waals surface area contributed by atoms with Crippen molar-refractivity contribution in [3.8, 4) is 0 Å². The maximum Gasteiger partial charge on any atom is 0.254 e. The van der Waals surface area contributed by atoms with Crippen molar-refractivity contribution in [2.24, 2.45) is 0 Å². The molecule has 0 bridgehead atoms. The number of ether oxygens (including phenoxy) is 6. The lowest BCUT2D eigenvalue weighted by Gasteiger charge is -2.27. The smallest absolute Gasteiger partial charge is 0.254 e. The van der Waals surface area contributed by atoms with Crippen molar-refractivity contribution in [3.05, 3.63) is 34.4 Å². The van der Waals surface area contributed by atoms with Gasteiger partial charge >= 0.3 is 0 Å². The topological polar surface area (TPSA) is 136 Å². The highest BCUT2D eigenvalue weighted by molar-refractivity contribution is 6.06. The van der Waals surface area contributed by atoms with Gasteiger partial charge in [0.05, 0.1) is 76.3 Å². The van der Waals surface area contributed by atoms with Gasteiger partial charge in [0.1, 0.15) is 0 Å². The lowest BCUT2D eigenvalue weighted by atomic mass is 9.95. The highest BCUT2D eigenvalue weighted by Crippen LogP contribution is 2.27. The molecule has 6 aliphatic heterocycles. The lowest BCUT2D eigenvalue weighted by Crippen LogP contribution is -2.40. The first kappa shape index (κ1) is 26.3.